The van der Waals surface area contributed by atoms with Crippen LogP contribution in [-0.4, -0.2) is 47.0 Å². The number of fused-ring (bicyclic) bond motifs is 1. The second kappa shape index (κ2) is 5.25. The summed E-state index contributed by atoms with van der Waals surface area (Å²) in [6, 6.07) is 3.98. The van der Waals surface area contributed by atoms with Gasteiger partial charge < -0.3 is 14.0 Å². The summed E-state index contributed by atoms with van der Waals surface area (Å²) in [5.74, 6) is 0.418. The molecule has 1 aliphatic heterocycles. The molecule has 0 spiro atoms. The van der Waals surface area contributed by atoms with Gasteiger partial charge >= 0.3 is 0 Å². The highest BCUT2D eigenvalue weighted by atomic mass is 16.5. The van der Waals surface area contributed by atoms with Crippen molar-refractivity contribution < 1.29 is 9.53 Å². The number of rotatable bonds is 3. The molecular weight excluding hydrogens is 254 g/mol. The fourth-order valence-corrected chi connectivity index (χ4v) is 2.58. The lowest BCUT2D eigenvalue weighted by molar-refractivity contribution is 0.0761. The highest BCUT2D eigenvalue weighted by molar-refractivity contribution is 5.92. The summed E-state index contributed by atoms with van der Waals surface area (Å²) in [6.45, 7) is 4.30. The van der Waals surface area contributed by atoms with Crippen molar-refractivity contribution >= 4 is 11.6 Å². The second-order valence-electron chi connectivity index (χ2n) is 5.51. The average Bonchev–Trinajstić information content (AvgIpc) is 3.06. The first-order valence-corrected chi connectivity index (χ1v) is 6.92. The zero-order valence-electron chi connectivity index (χ0n) is 11.9. The minimum Gasteiger partial charge on any atom is -0.381 e. The Balaban J connectivity index is 1.77. The predicted molar refractivity (Wildman–Crippen MR) is 75.8 cm³/mol. The number of carbonyl (C=O) groups excluding carboxylic acids is 1. The van der Waals surface area contributed by atoms with Gasteiger partial charge in [-0.05, 0) is 31.0 Å². The maximum atomic E-state index is 12.4. The smallest absolute Gasteiger partial charge is 0.273 e. The first-order chi connectivity index (χ1) is 9.63. The third-order valence-corrected chi connectivity index (χ3v) is 3.74. The van der Waals surface area contributed by atoms with E-state index in [9.17, 15) is 4.79 Å². The summed E-state index contributed by atoms with van der Waals surface area (Å²) in [7, 11) is 1.83. The Bertz CT molecular complexity index is 629. The van der Waals surface area contributed by atoms with E-state index < -0.39 is 0 Å². The number of amides is 1. The third-order valence-electron chi connectivity index (χ3n) is 3.74. The molecule has 0 bridgehead atoms. The van der Waals surface area contributed by atoms with E-state index in [2.05, 4.69) is 4.98 Å². The van der Waals surface area contributed by atoms with Crippen molar-refractivity contribution in [3.8, 4) is 0 Å². The fraction of sp³-hybridized carbons (Fsp3) is 0.467. The standard InChI is InChI=1S/C15H19N3O2/c1-11-3-5-18-9-13(16-14(18)7-11)15(19)17(2)8-12-4-6-20-10-12/h3,5,7,9,12H,4,6,8,10H2,1-2H3. The molecule has 2 aromatic heterocycles. The first kappa shape index (κ1) is 13.1. The van der Waals surface area contributed by atoms with Gasteiger partial charge in [-0.15, -0.1) is 0 Å². The van der Waals surface area contributed by atoms with Crippen molar-refractivity contribution in [1.29, 1.82) is 0 Å². The van der Waals surface area contributed by atoms with Crippen LogP contribution in [0.15, 0.2) is 24.5 Å². The van der Waals surface area contributed by atoms with Crippen LogP contribution in [0.1, 0.15) is 22.5 Å². The van der Waals surface area contributed by atoms with Crippen LogP contribution in [0.2, 0.25) is 0 Å². The number of pyridine rings is 1. The van der Waals surface area contributed by atoms with E-state index in [1.807, 2.05) is 36.7 Å². The first-order valence-electron chi connectivity index (χ1n) is 6.92. The molecule has 5 nitrogen and oxygen atoms in total. The summed E-state index contributed by atoms with van der Waals surface area (Å²) in [6.07, 6.45) is 4.75. The molecule has 2 aromatic rings. The molecule has 0 N–H and O–H groups in total. The lowest BCUT2D eigenvalue weighted by Gasteiger charge is -2.19. The Labute approximate surface area is 118 Å². The minimum absolute atomic E-state index is 0.0294. The van der Waals surface area contributed by atoms with E-state index in [0.717, 1.165) is 37.4 Å². The molecule has 1 amide bonds. The molecule has 106 valence electrons. The lowest BCUT2D eigenvalue weighted by atomic mass is 10.1. The van der Waals surface area contributed by atoms with E-state index in [0.29, 0.717) is 11.6 Å². The minimum atomic E-state index is -0.0294. The van der Waals surface area contributed by atoms with Crippen molar-refractivity contribution in [3.63, 3.8) is 0 Å². The normalized spacial score (nSPS) is 18.6. The summed E-state index contributed by atoms with van der Waals surface area (Å²) >= 11 is 0. The zero-order chi connectivity index (χ0) is 14.1. The molecule has 20 heavy (non-hydrogen) atoms. The number of aryl methyl sites for hydroxylation is 1. The van der Waals surface area contributed by atoms with Gasteiger partial charge in [-0.3, -0.25) is 4.79 Å². The Morgan fingerprint density at radius 2 is 2.45 bits per heavy atom. The van der Waals surface area contributed by atoms with Gasteiger partial charge in [-0.25, -0.2) is 4.98 Å². The highest BCUT2D eigenvalue weighted by Crippen LogP contribution is 2.15. The molecule has 0 saturated carbocycles. The molecule has 3 heterocycles. The molecule has 1 aliphatic rings. The van der Waals surface area contributed by atoms with Crippen molar-refractivity contribution in [2.45, 2.75) is 13.3 Å². The van der Waals surface area contributed by atoms with Crippen molar-refractivity contribution in [2.75, 3.05) is 26.8 Å². The molecule has 0 aliphatic carbocycles. The van der Waals surface area contributed by atoms with Gasteiger partial charge in [0.2, 0.25) is 0 Å². The molecule has 0 radical (unpaired) electrons. The Morgan fingerprint density at radius 3 is 3.20 bits per heavy atom. The van der Waals surface area contributed by atoms with Gasteiger partial charge in [-0.2, -0.15) is 0 Å². The largest absolute Gasteiger partial charge is 0.381 e. The van der Waals surface area contributed by atoms with Gasteiger partial charge in [0.15, 0.2) is 0 Å². The predicted octanol–water partition coefficient (Wildman–Crippen LogP) is 1.75. The van der Waals surface area contributed by atoms with Gasteiger partial charge in [0, 0.05) is 38.5 Å². The number of imidazole rings is 1. The van der Waals surface area contributed by atoms with Gasteiger partial charge in [0.05, 0.1) is 6.61 Å². The number of carbonyl (C=O) groups is 1. The SMILES string of the molecule is Cc1ccn2cc(C(=O)N(C)CC3CCOC3)nc2c1. The second-order valence-corrected chi connectivity index (χ2v) is 5.51. The maximum Gasteiger partial charge on any atom is 0.273 e. The molecule has 0 aromatic carbocycles. The van der Waals surface area contributed by atoms with Crippen molar-refractivity contribution in [1.82, 2.24) is 14.3 Å². The van der Waals surface area contributed by atoms with Crippen LogP contribution >= 0.6 is 0 Å². The molecule has 3 rings (SSSR count). The topological polar surface area (TPSA) is 46.8 Å². The van der Waals surface area contributed by atoms with E-state index in [4.69, 9.17) is 4.74 Å². The Kier molecular flexibility index (Phi) is 3.44. The summed E-state index contributed by atoms with van der Waals surface area (Å²) in [5, 5.41) is 0. The van der Waals surface area contributed by atoms with Gasteiger partial charge in [0.1, 0.15) is 11.3 Å². The molecule has 1 saturated heterocycles. The van der Waals surface area contributed by atoms with Crippen LogP contribution in [0.25, 0.3) is 5.65 Å². The molecular formula is C15H19N3O2. The molecule has 5 heteroatoms. The quantitative estimate of drug-likeness (QED) is 0.856. The monoisotopic (exact) mass is 273 g/mol. The number of ether oxygens (including phenoxy) is 1. The molecule has 1 atom stereocenters. The highest BCUT2D eigenvalue weighted by Gasteiger charge is 2.22. The lowest BCUT2D eigenvalue weighted by Crippen LogP contribution is -2.32. The van der Waals surface area contributed by atoms with Crippen LogP contribution in [0.3, 0.4) is 0 Å². The van der Waals surface area contributed by atoms with E-state index in [1.165, 1.54) is 0 Å². The fourth-order valence-electron chi connectivity index (χ4n) is 2.58. The van der Waals surface area contributed by atoms with Gasteiger partial charge in [0.25, 0.3) is 5.91 Å². The summed E-state index contributed by atoms with van der Waals surface area (Å²) in [4.78, 5) is 18.5. The number of aromatic nitrogens is 2. The average molecular weight is 273 g/mol. The van der Waals surface area contributed by atoms with E-state index >= 15 is 0 Å². The van der Waals surface area contributed by atoms with Gasteiger partial charge in [-0.1, -0.05) is 0 Å². The van der Waals surface area contributed by atoms with Crippen molar-refractivity contribution in [3.05, 3.63) is 35.8 Å². The third kappa shape index (κ3) is 2.54. The Hall–Kier alpha value is -1.88. The van der Waals surface area contributed by atoms with Crippen LogP contribution in [0.5, 0.6) is 0 Å². The molecule has 1 fully saturated rings. The molecule has 1 unspecified atom stereocenters. The summed E-state index contributed by atoms with van der Waals surface area (Å²) < 4.78 is 7.23. The Morgan fingerprint density at radius 1 is 1.60 bits per heavy atom. The van der Waals surface area contributed by atoms with E-state index in [1.54, 1.807) is 11.1 Å². The van der Waals surface area contributed by atoms with E-state index in [-0.39, 0.29) is 5.91 Å². The maximum absolute atomic E-state index is 12.4. The van der Waals surface area contributed by atoms with Crippen LogP contribution in [-0.2, 0) is 4.74 Å². The van der Waals surface area contributed by atoms with Crippen LogP contribution < -0.4 is 0 Å². The van der Waals surface area contributed by atoms with Crippen molar-refractivity contribution in [2.24, 2.45) is 5.92 Å². The number of hydrogen-bond acceptors (Lipinski definition) is 3. The van der Waals surface area contributed by atoms with Crippen LogP contribution in [0, 0.1) is 12.8 Å². The number of hydrogen-bond donors (Lipinski definition) is 0. The number of nitrogens with zero attached hydrogens (tertiary/aromatic N) is 3. The summed E-state index contributed by atoms with van der Waals surface area (Å²) in [5.41, 5.74) is 2.45. The van der Waals surface area contributed by atoms with Crippen LogP contribution in [0.4, 0.5) is 0 Å². The zero-order valence-corrected chi connectivity index (χ0v) is 11.9.